The minimum absolute atomic E-state index is 0.0892. The number of aryl methyl sites for hydroxylation is 1. The molecular formula is C13H12N4O4. The summed E-state index contributed by atoms with van der Waals surface area (Å²) < 4.78 is 10.9. The number of nitrogens with one attached hydrogen (secondary N) is 1. The van der Waals surface area contributed by atoms with Crippen LogP contribution in [0.3, 0.4) is 0 Å². The van der Waals surface area contributed by atoms with Gasteiger partial charge in [0.2, 0.25) is 5.89 Å². The number of hydrogen-bond donors (Lipinski definition) is 1. The Labute approximate surface area is 118 Å². The first-order valence-corrected chi connectivity index (χ1v) is 6.38. The Balaban J connectivity index is 1.81. The number of oxazole rings is 2. The van der Waals surface area contributed by atoms with E-state index in [1.54, 1.807) is 18.3 Å². The van der Waals surface area contributed by atoms with Gasteiger partial charge in [-0.05, 0) is 6.07 Å². The van der Waals surface area contributed by atoms with Crippen LogP contribution in [0.1, 0.15) is 18.6 Å². The molecule has 2 aromatic heterocycles. The first-order valence-electron chi connectivity index (χ1n) is 6.38. The van der Waals surface area contributed by atoms with Crippen molar-refractivity contribution in [1.29, 1.82) is 0 Å². The summed E-state index contributed by atoms with van der Waals surface area (Å²) in [6.07, 6.45) is 2.43. The topological polar surface area (TPSA) is 107 Å². The third kappa shape index (κ3) is 2.55. The molecule has 0 aliphatic rings. The van der Waals surface area contributed by atoms with Gasteiger partial charge in [0.15, 0.2) is 11.1 Å². The van der Waals surface area contributed by atoms with E-state index in [2.05, 4.69) is 15.3 Å². The van der Waals surface area contributed by atoms with Gasteiger partial charge in [0.25, 0.3) is 11.7 Å². The summed E-state index contributed by atoms with van der Waals surface area (Å²) in [6.45, 7) is 2.26. The van der Waals surface area contributed by atoms with Crippen molar-refractivity contribution in [2.45, 2.75) is 19.9 Å². The van der Waals surface area contributed by atoms with E-state index in [0.29, 0.717) is 18.0 Å². The molecule has 0 fully saturated rings. The molecule has 2 heterocycles. The molecule has 0 atom stereocenters. The maximum Gasteiger partial charge on any atom is 0.298 e. The van der Waals surface area contributed by atoms with Gasteiger partial charge < -0.3 is 14.2 Å². The first-order chi connectivity index (χ1) is 10.2. The number of nitro groups is 1. The number of nitro benzene ring substituents is 1. The van der Waals surface area contributed by atoms with Crippen molar-refractivity contribution >= 4 is 22.8 Å². The predicted octanol–water partition coefficient (Wildman–Crippen LogP) is 2.90. The third-order valence-corrected chi connectivity index (χ3v) is 2.94. The lowest BCUT2D eigenvalue weighted by molar-refractivity contribution is -0.383. The second-order valence-electron chi connectivity index (χ2n) is 4.33. The Kier molecular flexibility index (Phi) is 3.27. The van der Waals surface area contributed by atoms with Crippen molar-refractivity contribution in [2.75, 3.05) is 5.32 Å². The van der Waals surface area contributed by atoms with Crippen LogP contribution in [0.5, 0.6) is 0 Å². The zero-order valence-electron chi connectivity index (χ0n) is 11.2. The number of aromatic nitrogens is 2. The average Bonchev–Trinajstić information content (AvgIpc) is 3.10. The SMILES string of the molecule is CCc1cnc(CNc2nc3c([N+](=O)[O-])cccc3o2)o1. The molecule has 0 bridgehead atoms. The van der Waals surface area contributed by atoms with E-state index in [4.69, 9.17) is 8.83 Å². The van der Waals surface area contributed by atoms with Gasteiger partial charge >= 0.3 is 0 Å². The number of anilines is 1. The van der Waals surface area contributed by atoms with E-state index in [9.17, 15) is 10.1 Å². The molecule has 3 aromatic rings. The van der Waals surface area contributed by atoms with Gasteiger partial charge in [0, 0.05) is 12.5 Å². The maximum absolute atomic E-state index is 10.9. The molecule has 1 N–H and O–H groups in total. The molecule has 0 unspecified atom stereocenters. The van der Waals surface area contributed by atoms with Gasteiger partial charge in [0.05, 0.1) is 17.7 Å². The van der Waals surface area contributed by atoms with Crippen molar-refractivity contribution in [3.63, 3.8) is 0 Å². The van der Waals surface area contributed by atoms with E-state index in [1.165, 1.54) is 6.07 Å². The van der Waals surface area contributed by atoms with Crippen molar-refractivity contribution in [3.05, 3.63) is 46.2 Å². The monoisotopic (exact) mass is 288 g/mol. The Morgan fingerprint density at radius 3 is 2.95 bits per heavy atom. The molecule has 8 heteroatoms. The lowest BCUT2D eigenvalue weighted by Crippen LogP contribution is -1.99. The molecule has 3 rings (SSSR count). The second-order valence-corrected chi connectivity index (χ2v) is 4.33. The predicted molar refractivity (Wildman–Crippen MR) is 73.9 cm³/mol. The lowest BCUT2D eigenvalue weighted by Gasteiger charge is -1.96. The largest absolute Gasteiger partial charge is 0.444 e. The van der Waals surface area contributed by atoms with Gasteiger partial charge in [-0.25, -0.2) is 4.98 Å². The van der Waals surface area contributed by atoms with Crippen molar-refractivity contribution in [3.8, 4) is 0 Å². The average molecular weight is 288 g/mol. The summed E-state index contributed by atoms with van der Waals surface area (Å²) in [4.78, 5) is 18.6. The summed E-state index contributed by atoms with van der Waals surface area (Å²) in [5, 5.41) is 13.8. The van der Waals surface area contributed by atoms with Crippen LogP contribution in [-0.2, 0) is 13.0 Å². The number of fused-ring (bicyclic) bond motifs is 1. The molecule has 0 amide bonds. The quantitative estimate of drug-likeness (QED) is 0.568. The minimum Gasteiger partial charge on any atom is -0.444 e. The highest BCUT2D eigenvalue weighted by atomic mass is 16.6. The summed E-state index contributed by atoms with van der Waals surface area (Å²) >= 11 is 0. The normalized spacial score (nSPS) is 10.9. The van der Waals surface area contributed by atoms with Crippen molar-refractivity contribution in [2.24, 2.45) is 0 Å². The number of nitrogens with zero attached hydrogens (tertiary/aromatic N) is 3. The molecule has 0 spiro atoms. The standard InChI is InChI=1S/C13H12N4O4/c1-2-8-6-14-11(20-8)7-15-13-16-12-9(17(18)19)4-3-5-10(12)21-13/h3-6H,2,7H2,1H3,(H,15,16). The molecule has 0 radical (unpaired) electrons. The fraction of sp³-hybridized carbons (Fsp3) is 0.231. The molecule has 0 saturated heterocycles. The molecule has 1 aromatic carbocycles. The van der Waals surface area contributed by atoms with E-state index in [0.717, 1.165) is 12.2 Å². The Morgan fingerprint density at radius 2 is 2.24 bits per heavy atom. The summed E-state index contributed by atoms with van der Waals surface area (Å²) in [6, 6.07) is 4.75. The van der Waals surface area contributed by atoms with E-state index >= 15 is 0 Å². The molecule has 0 aliphatic carbocycles. The number of para-hydroxylation sites is 1. The van der Waals surface area contributed by atoms with Crippen LogP contribution in [0.4, 0.5) is 11.7 Å². The summed E-state index contributed by atoms with van der Waals surface area (Å²) in [5.74, 6) is 1.30. The Hall–Kier alpha value is -2.90. The highest BCUT2D eigenvalue weighted by molar-refractivity contribution is 5.83. The number of rotatable bonds is 5. The molecule has 8 nitrogen and oxygen atoms in total. The van der Waals surface area contributed by atoms with Crippen molar-refractivity contribution < 1.29 is 13.8 Å². The number of non-ortho nitro benzene ring substituents is 1. The zero-order chi connectivity index (χ0) is 14.8. The van der Waals surface area contributed by atoms with E-state index in [-0.39, 0.29) is 17.2 Å². The highest BCUT2D eigenvalue weighted by Gasteiger charge is 2.17. The molecule has 21 heavy (non-hydrogen) atoms. The maximum atomic E-state index is 10.9. The smallest absolute Gasteiger partial charge is 0.298 e. The van der Waals surface area contributed by atoms with Gasteiger partial charge in [0.1, 0.15) is 5.76 Å². The summed E-state index contributed by atoms with van der Waals surface area (Å²) in [7, 11) is 0. The third-order valence-electron chi connectivity index (χ3n) is 2.94. The minimum atomic E-state index is -0.490. The molecule has 108 valence electrons. The van der Waals surface area contributed by atoms with E-state index < -0.39 is 4.92 Å². The van der Waals surface area contributed by atoms with Crippen LogP contribution < -0.4 is 5.32 Å². The first kappa shape index (κ1) is 13.1. The van der Waals surface area contributed by atoms with Crippen LogP contribution in [0.2, 0.25) is 0 Å². The van der Waals surface area contributed by atoms with Crippen LogP contribution in [-0.4, -0.2) is 14.9 Å². The van der Waals surface area contributed by atoms with Crippen LogP contribution >= 0.6 is 0 Å². The Morgan fingerprint density at radius 1 is 1.38 bits per heavy atom. The molecule has 0 aliphatic heterocycles. The van der Waals surface area contributed by atoms with Gasteiger partial charge in [-0.3, -0.25) is 10.1 Å². The van der Waals surface area contributed by atoms with Crippen molar-refractivity contribution in [1.82, 2.24) is 9.97 Å². The number of benzene rings is 1. The fourth-order valence-corrected chi connectivity index (χ4v) is 1.90. The van der Waals surface area contributed by atoms with Gasteiger partial charge in [-0.1, -0.05) is 13.0 Å². The molecule has 0 saturated carbocycles. The zero-order valence-corrected chi connectivity index (χ0v) is 11.2. The van der Waals surface area contributed by atoms with E-state index in [1.807, 2.05) is 6.92 Å². The van der Waals surface area contributed by atoms with Crippen LogP contribution in [0.15, 0.2) is 33.2 Å². The fourth-order valence-electron chi connectivity index (χ4n) is 1.90. The lowest BCUT2D eigenvalue weighted by atomic mass is 10.3. The molecular weight excluding hydrogens is 276 g/mol. The van der Waals surface area contributed by atoms with Gasteiger partial charge in [-0.2, -0.15) is 4.98 Å². The van der Waals surface area contributed by atoms with Gasteiger partial charge in [-0.15, -0.1) is 0 Å². The second kappa shape index (κ2) is 5.23. The summed E-state index contributed by atoms with van der Waals surface area (Å²) in [5.41, 5.74) is 0.480. The number of hydrogen-bond acceptors (Lipinski definition) is 7. The Bertz CT molecular complexity index is 792. The highest BCUT2D eigenvalue weighted by Crippen LogP contribution is 2.27. The van der Waals surface area contributed by atoms with Crippen LogP contribution in [0, 0.1) is 10.1 Å². The van der Waals surface area contributed by atoms with Crippen LogP contribution in [0.25, 0.3) is 11.1 Å².